The third-order valence-electron chi connectivity index (χ3n) is 3.51. The van der Waals surface area contributed by atoms with Gasteiger partial charge in [0.1, 0.15) is 5.82 Å². The summed E-state index contributed by atoms with van der Waals surface area (Å²) in [5.74, 6) is 1.08. The zero-order valence-corrected chi connectivity index (χ0v) is 12.9. The summed E-state index contributed by atoms with van der Waals surface area (Å²) >= 11 is 0. The van der Waals surface area contributed by atoms with Crippen LogP contribution >= 0.6 is 0 Å². The van der Waals surface area contributed by atoms with Crippen molar-refractivity contribution in [1.82, 2.24) is 10.3 Å². The van der Waals surface area contributed by atoms with Gasteiger partial charge < -0.3 is 15.0 Å². The van der Waals surface area contributed by atoms with Gasteiger partial charge in [-0.15, -0.1) is 0 Å². The van der Waals surface area contributed by atoms with Crippen LogP contribution in [0.5, 0.6) is 0 Å². The first-order valence-corrected chi connectivity index (χ1v) is 6.98. The second-order valence-electron chi connectivity index (χ2n) is 5.02. The number of aromatic nitrogens is 1. The molecule has 1 heterocycles. The molecule has 0 aliphatic rings. The van der Waals surface area contributed by atoms with Gasteiger partial charge in [0.15, 0.2) is 0 Å². The fourth-order valence-electron chi connectivity index (χ4n) is 1.98. The Morgan fingerprint density at radius 3 is 2.79 bits per heavy atom. The third kappa shape index (κ3) is 4.80. The van der Waals surface area contributed by atoms with Crippen molar-refractivity contribution in [2.75, 3.05) is 32.2 Å². The Labute approximate surface area is 117 Å². The fraction of sp³-hybridized carbons (Fsp3) is 0.667. The van der Waals surface area contributed by atoms with E-state index < -0.39 is 0 Å². The molecule has 4 nitrogen and oxygen atoms in total. The van der Waals surface area contributed by atoms with E-state index in [-0.39, 0.29) is 0 Å². The molecule has 1 N–H and O–H groups in total. The van der Waals surface area contributed by atoms with Crippen molar-refractivity contribution in [3.05, 3.63) is 23.4 Å². The topological polar surface area (TPSA) is 37.4 Å². The smallest absolute Gasteiger partial charge is 0.131 e. The molecule has 108 valence electrons. The van der Waals surface area contributed by atoms with Gasteiger partial charge in [-0.3, -0.25) is 0 Å². The van der Waals surface area contributed by atoms with Crippen LogP contribution in [0.2, 0.25) is 0 Å². The lowest BCUT2D eigenvalue weighted by Crippen LogP contribution is -2.29. The largest absolute Gasteiger partial charge is 0.383 e. The summed E-state index contributed by atoms with van der Waals surface area (Å²) in [7, 11) is 3.83. The molecule has 0 saturated carbocycles. The van der Waals surface area contributed by atoms with Gasteiger partial charge >= 0.3 is 0 Å². The summed E-state index contributed by atoms with van der Waals surface area (Å²) in [6.45, 7) is 8.99. The van der Waals surface area contributed by atoms with Crippen LogP contribution < -0.4 is 10.2 Å². The highest BCUT2D eigenvalue weighted by Crippen LogP contribution is 2.19. The van der Waals surface area contributed by atoms with Gasteiger partial charge in [-0.05, 0) is 37.5 Å². The highest BCUT2D eigenvalue weighted by molar-refractivity contribution is 5.47. The van der Waals surface area contributed by atoms with E-state index in [0.717, 1.165) is 31.9 Å². The summed E-state index contributed by atoms with van der Waals surface area (Å²) in [6.07, 6.45) is 3.08. The van der Waals surface area contributed by atoms with Gasteiger partial charge in [-0.25, -0.2) is 4.98 Å². The number of nitrogens with one attached hydrogen (secondary N) is 1. The number of hydrogen-bond donors (Lipinski definition) is 1. The highest BCUT2D eigenvalue weighted by Gasteiger charge is 2.11. The number of aryl methyl sites for hydroxylation is 1. The number of nitrogens with zero attached hydrogens (tertiary/aromatic N) is 2. The van der Waals surface area contributed by atoms with Crippen LogP contribution in [0.15, 0.2) is 12.3 Å². The summed E-state index contributed by atoms with van der Waals surface area (Å²) in [4.78, 5) is 6.85. The first kappa shape index (κ1) is 15.9. The number of anilines is 1. The molecule has 0 spiro atoms. The van der Waals surface area contributed by atoms with Crippen LogP contribution in [0.25, 0.3) is 0 Å². The molecule has 0 bridgehead atoms. The molecular weight excluding hydrogens is 238 g/mol. The van der Waals surface area contributed by atoms with Crippen LogP contribution in [0.4, 0.5) is 5.82 Å². The molecule has 4 heteroatoms. The first-order chi connectivity index (χ1) is 9.10. The lowest BCUT2D eigenvalue weighted by molar-refractivity contribution is 0.199. The Morgan fingerprint density at radius 2 is 2.21 bits per heavy atom. The Morgan fingerprint density at radius 1 is 1.47 bits per heavy atom. The molecule has 19 heavy (non-hydrogen) atoms. The van der Waals surface area contributed by atoms with Crippen LogP contribution in [0.1, 0.15) is 31.4 Å². The van der Waals surface area contributed by atoms with E-state index in [1.165, 1.54) is 11.1 Å². The van der Waals surface area contributed by atoms with Crippen molar-refractivity contribution in [2.45, 2.75) is 39.8 Å². The van der Waals surface area contributed by atoms with E-state index in [2.05, 4.69) is 49.1 Å². The van der Waals surface area contributed by atoms with Gasteiger partial charge in [-0.2, -0.15) is 0 Å². The van der Waals surface area contributed by atoms with Crippen molar-refractivity contribution in [3.63, 3.8) is 0 Å². The van der Waals surface area contributed by atoms with E-state index in [1.807, 2.05) is 6.20 Å². The van der Waals surface area contributed by atoms with Gasteiger partial charge in [0, 0.05) is 39.5 Å². The van der Waals surface area contributed by atoms with Gasteiger partial charge in [0.2, 0.25) is 0 Å². The minimum Gasteiger partial charge on any atom is -0.383 e. The quantitative estimate of drug-likeness (QED) is 0.732. The summed E-state index contributed by atoms with van der Waals surface area (Å²) in [5, 5.41) is 3.33. The van der Waals surface area contributed by atoms with Crippen molar-refractivity contribution in [2.24, 2.45) is 0 Å². The second-order valence-corrected chi connectivity index (χ2v) is 5.02. The first-order valence-electron chi connectivity index (χ1n) is 6.98. The average molecular weight is 265 g/mol. The lowest BCUT2D eigenvalue weighted by Gasteiger charge is -2.26. The van der Waals surface area contributed by atoms with Crippen molar-refractivity contribution < 1.29 is 4.74 Å². The summed E-state index contributed by atoms with van der Waals surface area (Å²) in [6, 6.07) is 2.72. The van der Waals surface area contributed by atoms with Crippen molar-refractivity contribution >= 4 is 5.82 Å². The standard InChI is InChI=1S/C15H27N3O/c1-6-13(3)18(4)15-12(2)9-14(11-17-15)10-16-7-8-19-5/h9,11,13,16H,6-8,10H2,1-5H3. The number of rotatable bonds is 8. The van der Waals surface area contributed by atoms with E-state index in [4.69, 9.17) is 4.74 Å². The molecule has 1 unspecified atom stereocenters. The molecular formula is C15H27N3O. The molecule has 0 fully saturated rings. The zero-order chi connectivity index (χ0) is 14.3. The summed E-state index contributed by atoms with van der Waals surface area (Å²) < 4.78 is 5.01. The molecule has 1 rings (SSSR count). The zero-order valence-electron chi connectivity index (χ0n) is 12.9. The lowest BCUT2D eigenvalue weighted by atomic mass is 10.1. The Bertz CT molecular complexity index is 382. The third-order valence-corrected chi connectivity index (χ3v) is 3.51. The van der Waals surface area contributed by atoms with E-state index in [9.17, 15) is 0 Å². The maximum absolute atomic E-state index is 5.01. The Hall–Kier alpha value is -1.13. The number of ether oxygens (including phenoxy) is 1. The minimum absolute atomic E-state index is 0.511. The number of hydrogen-bond acceptors (Lipinski definition) is 4. The maximum atomic E-state index is 5.01. The second kappa shape index (κ2) is 8.12. The molecule has 1 atom stereocenters. The molecule has 0 aromatic carbocycles. The molecule has 0 amide bonds. The molecule has 0 aliphatic carbocycles. The predicted octanol–water partition coefficient (Wildman–Crippen LogP) is 2.36. The molecule has 1 aromatic rings. The Balaban J connectivity index is 2.63. The highest BCUT2D eigenvalue weighted by atomic mass is 16.5. The van der Waals surface area contributed by atoms with Gasteiger partial charge in [0.25, 0.3) is 0 Å². The van der Waals surface area contributed by atoms with E-state index >= 15 is 0 Å². The van der Waals surface area contributed by atoms with Crippen LogP contribution in [0, 0.1) is 6.92 Å². The predicted molar refractivity (Wildman–Crippen MR) is 80.7 cm³/mol. The molecule has 0 radical (unpaired) electrons. The summed E-state index contributed by atoms with van der Waals surface area (Å²) in [5.41, 5.74) is 2.45. The maximum Gasteiger partial charge on any atom is 0.131 e. The average Bonchev–Trinajstić information content (AvgIpc) is 2.42. The molecule has 1 aromatic heterocycles. The van der Waals surface area contributed by atoms with Crippen LogP contribution in [-0.4, -0.2) is 38.3 Å². The van der Waals surface area contributed by atoms with E-state index in [1.54, 1.807) is 7.11 Å². The Kier molecular flexibility index (Phi) is 6.81. The number of pyridine rings is 1. The SMILES string of the molecule is CCC(C)N(C)c1ncc(CNCCOC)cc1C. The normalized spacial score (nSPS) is 12.5. The molecule has 0 saturated heterocycles. The fourth-order valence-corrected chi connectivity index (χ4v) is 1.98. The van der Waals surface area contributed by atoms with Gasteiger partial charge in [0.05, 0.1) is 6.61 Å². The van der Waals surface area contributed by atoms with E-state index in [0.29, 0.717) is 6.04 Å². The van der Waals surface area contributed by atoms with Gasteiger partial charge in [-0.1, -0.05) is 6.92 Å². The number of methoxy groups -OCH3 is 1. The van der Waals surface area contributed by atoms with Crippen LogP contribution in [0.3, 0.4) is 0 Å². The molecule has 0 aliphatic heterocycles. The monoisotopic (exact) mass is 265 g/mol. The van der Waals surface area contributed by atoms with Crippen molar-refractivity contribution in [3.8, 4) is 0 Å². The van der Waals surface area contributed by atoms with Crippen molar-refractivity contribution in [1.29, 1.82) is 0 Å². The van der Waals surface area contributed by atoms with Crippen LogP contribution in [-0.2, 0) is 11.3 Å². The minimum atomic E-state index is 0.511.